The Morgan fingerprint density at radius 2 is 1.94 bits per heavy atom. The predicted molar refractivity (Wildman–Crippen MR) is 84.6 cm³/mol. The van der Waals surface area contributed by atoms with Crippen molar-refractivity contribution in [3.8, 4) is 12.3 Å². The molecule has 0 heterocycles. The number of terminal acetylenes is 1. The van der Waals surface area contributed by atoms with Gasteiger partial charge in [0.25, 0.3) is 0 Å². The van der Waals surface area contributed by atoms with Crippen molar-refractivity contribution in [1.29, 1.82) is 0 Å². The van der Waals surface area contributed by atoms with Crippen LogP contribution in [-0.4, -0.2) is 12.0 Å². The van der Waals surface area contributed by atoms with E-state index in [2.05, 4.69) is 16.2 Å². The zero-order chi connectivity index (χ0) is 12.0. The van der Waals surface area contributed by atoms with Gasteiger partial charge in [0.15, 0.2) is 5.96 Å². The van der Waals surface area contributed by atoms with Gasteiger partial charge in [0, 0.05) is 5.69 Å². The number of guanidine groups is 1. The van der Waals surface area contributed by atoms with E-state index in [-0.39, 0.29) is 35.9 Å². The first kappa shape index (κ1) is 15.8. The van der Waals surface area contributed by atoms with Crippen LogP contribution >= 0.6 is 24.0 Å². The number of hydrogen-bond acceptors (Lipinski definition) is 1. The fourth-order valence-electron chi connectivity index (χ4n) is 1.23. The molecule has 1 atom stereocenters. The van der Waals surface area contributed by atoms with Crippen LogP contribution in [0.2, 0.25) is 0 Å². The molecule has 0 saturated carbocycles. The number of anilines is 1. The minimum Gasteiger partial charge on any atom is -0.370 e. The summed E-state index contributed by atoms with van der Waals surface area (Å²) in [6.07, 6.45) is 5.37. The molecule has 0 aromatic heterocycles. The summed E-state index contributed by atoms with van der Waals surface area (Å²) in [6.45, 7) is 4.04. The van der Waals surface area contributed by atoms with Crippen molar-refractivity contribution >= 4 is 35.6 Å². The molecule has 0 radical (unpaired) electrons. The molecule has 92 valence electrons. The molecule has 4 heteroatoms. The van der Waals surface area contributed by atoms with Crippen LogP contribution < -0.4 is 11.1 Å². The monoisotopic (exact) mass is 343 g/mol. The van der Waals surface area contributed by atoms with Gasteiger partial charge in [-0.3, -0.25) is 0 Å². The molecule has 1 rings (SSSR count). The quantitative estimate of drug-likeness (QED) is 0.384. The Labute approximate surface area is 120 Å². The highest BCUT2D eigenvalue weighted by Crippen LogP contribution is 2.07. The molecule has 0 aliphatic heterocycles. The molecule has 1 aromatic carbocycles. The number of halogens is 1. The van der Waals surface area contributed by atoms with Crippen molar-refractivity contribution in [3.63, 3.8) is 0 Å². The average Bonchev–Trinajstić information content (AvgIpc) is 2.27. The van der Waals surface area contributed by atoms with Crippen LogP contribution in [0.4, 0.5) is 5.69 Å². The minimum atomic E-state index is -0.184. The maximum absolute atomic E-state index is 5.76. The van der Waals surface area contributed by atoms with Gasteiger partial charge in [0.05, 0.1) is 0 Å². The van der Waals surface area contributed by atoms with Crippen molar-refractivity contribution in [2.75, 3.05) is 5.32 Å². The van der Waals surface area contributed by atoms with Gasteiger partial charge in [-0.15, -0.1) is 30.4 Å². The first-order chi connectivity index (χ1) is 7.63. The molecule has 0 aliphatic rings. The van der Waals surface area contributed by atoms with E-state index in [1.165, 1.54) is 0 Å². The molecule has 3 N–H and O–H groups in total. The minimum absolute atomic E-state index is 0. The van der Waals surface area contributed by atoms with E-state index in [0.717, 1.165) is 5.69 Å². The fraction of sp³-hybridized carbons (Fsp3) is 0.308. The second-order valence-corrected chi connectivity index (χ2v) is 3.86. The number of nitrogens with one attached hydrogen (secondary N) is 1. The smallest absolute Gasteiger partial charge is 0.194 e. The summed E-state index contributed by atoms with van der Waals surface area (Å²) in [5.74, 6) is 3.24. The third-order valence-electron chi connectivity index (χ3n) is 2.13. The summed E-state index contributed by atoms with van der Waals surface area (Å²) in [5, 5.41) is 2.99. The van der Waals surface area contributed by atoms with E-state index in [9.17, 15) is 0 Å². The Morgan fingerprint density at radius 3 is 2.41 bits per heavy atom. The van der Waals surface area contributed by atoms with E-state index < -0.39 is 0 Å². The van der Waals surface area contributed by atoms with Crippen molar-refractivity contribution in [2.24, 2.45) is 16.6 Å². The molecule has 0 aliphatic carbocycles. The molecule has 0 bridgehead atoms. The standard InChI is InChI=1S/C13H17N3.HI/c1-4-12(10(2)3)16-13(14)15-11-8-6-5-7-9-11;/h1,5-10,12H,2-3H3,(H3,14,15,16);1H. The van der Waals surface area contributed by atoms with Gasteiger partial charge in [0.2, 0.25) is 0 Å². The normalized spacial score (nSPS) is 12.5. The highest BCUT2D eigenvalue weighted by Gasteiger charge is 2.08. The van der Waals surface area contributed by atoms with Crippen LogP contribution in [0.25, 0.3) is 0 Å². The first-order valence-electron chi connectivity index (χ1n) is 5.25. The van der Waals surface area contributed by atoms with Crippen LogP contribution in [-0.2, 0) is 0 Å². The van der Waals surface area contributed by atoms with E-state index in [1.54, 1.807) is 0 Å². The largest absolute Gasteiger partial charge is 0.370 e. The first-order valence-corrected chi connectivity index (χ1v) is 5.25. The fourth-order valence-corrected chi connectivity index (χ4v) is 1.23. The Morgan fingerprint density at radius 1 is 1.35 bits per heavy atom. The molecule has 0 amide bonds. The summed E-state index contributed by atoms with van der Waals surface area (Å²) in [6, 6.07) is 9.45. The second-order valence-electron chi connectivity index (χ2n) is 3.86. The summed E-state index contributed by atoms with van der Waals surface area (Å²) in [4.78, 5) is 4.24. The zero-order valence-corrected chi connectivity index (χ0v) is 12.4. The van der Waals surface area contributed by atoms with Crippen molar-refractivity contribution in [1.82, 2.24) is 0 Å². The van der Waals surface area contributed by atoms with Crippen LogP contribution in [0.3, 0.4) is 0 Å². The Balaban J connectivity index is 0.00000256. The van der Waals surface area contributed by atoms with E-state index in [1.807, 2.05) is 44.2 Å². The van der Waals surface area contributed by atoms with Gasteiger partial charge in [-0.25, -0.2) is 4.99 Å². The van der Waals surface area contributed by atoms with Crippen LogP contribution in [0, 0.1) is 18.3 Å². The van der Waals surface area contributed by atoms with Crippen LogP contribution in [0.15, 0.2) is 35.3 Å². The predicted octanol–water partition coefficient (Wildman–Crippen LogP) is 2.69. The van der Waals surface area contributed by atoms with Crippen molar-refractivity contribution in [2.45, 2.75) is 19.9 Å². The number of benzene rings is 1. The highest BCUT2D eigenvalue weighted by molar-refractivity contribution is 14.0. The summed E-state index contributed by atoms with van der Waals surface area (Å²) in [5.41, 5.74) is 6.67. The Kier molecular flexibility index (Phi) is 7.39. The number of hydrogen-bond donors (Lipinski definition) is 2. The maximum Gasteiger partial charge on any atom is 0.194 e. The molecule has 1 unspecified atom stereocenters. The van der Waals surface area contributed by atoms with Crippen LogP contribution in [0.1, 0.15) is 13.8 Å². The molecular weight excluding hydrogens is 325 g/mol. The lowest BCUT2D eigenvalue weighted by atomic mass is 10.1. The lowest BCUT2D eigenvalue weighted by Gasteiger charge is -2.11. The number of aliphatic imine (C=N–C) groups is 1. The van der Waals surface area contributed by atoms with Gasteiger partial charge in [-0.05, 0) is 18.1 Å². The zero-order valence-electron chi connectivity index (χ0n) is 10.1. The van der Waals surface area contributed by atoms with Gasteiger partial charge >= 0.3 is 0 Å². The van der Waals surface area contributed by atoms with Gasteiger partial charge in [-0.1, -0.05) is 38.0 Å². The summed E-state index contributed by atoms with van der Waals surface area (Å²) >= 11 is 0. The topological polar surface area (TPSA) is 50.4 Å². The number of nitrogens with two attached hydrogens (primary N) is 1. The van der Waals surface area contributed by atoms with Crippen molar-refractivity contribution < 1.29 is 0 Å². The molecule has 0 fully saturated rings. The number of para-hydroxylation sites is 1. The molecular formula is C13H18IN3. The summed E-state index contributed by atoms with van der Waals surface area (Å²) < 4.78 is 0. The third-order valence-corrected chi connectivity index (χ3v) is 2.13. The SMILES string of the molecule is C#CC(N=C(N)Nc1ccccc1)C(C)C.I. The Hall–Kier alpha value is -1.22. The number of nitrogens with zero attached hydrogens (tertiary/aromatic N) is 1. The lowest BCUT2D eigenvalue weighted by Crippen LogP contribution is -2.26. The molecule has 0 saturated heterocycles. The molecule has 1 aromatic rings. The maximum atomic E-state index is 5.76. The Bertz CT molecular complexity index is 393. The average molecular weight is 343 g/mol. The van der Waals surface area contributed by atoms with Gasteiger partial charge in [0.1, 0.15) is 6.04 Å². The number of rotatable bonds is 3. The highest BCUT2D eigenvalue weighted by atomic mass is 127. The summed E-state index contributed by atoms with van der Waals surface area (Å²) in [7, 11) is 0. The van der Waals surface area contributed by atoms with Crippen LogP contribution in [0.5, 0.6) is 0 Å². The molecule has 3 nitrogen and oxygen atoms in total. The van der Waals surface area contributed by atoms with E-state index >= 15 is 0 Å². The molecule has 0 spiro atoms. The third kappa shape index (κ3) is 5.59. The molecule has 17 heavy (non-hydrogen) atoms. The van der Waals surface area contributed by atoms with Gasteiger partial charge < -0.3 is 11.1 Å². The van der Waals surface area contributed by atoms with E-state index in [0.29, 0.717) is 5.96 Å². The van der Waals surface area contributed by atoms with Crippen molar-refractivity contribution in [3.05, 3.63) is 30.3 Å². The van der Waals surface area contributed by atoms with Gasteiger partial charge in [-0.2, -0.15) is 0 Å². The van der Waals surface area contributed by atoms with E-state index in [4.69, 9.17) is 12.2 Å². The second kappa shape index (κ2) is 7.96. The lowest BCUT2D eigenvalue weighted by molar-refractivity contribution is 0.586.